The fourth-order valence-electron chi connectivity index (χ4n) is 4.23. The van der Waals surface area contributed by atoms with Gasteiger partial charge in [0.25, 0.3) is 0 Å². The Morgan fingerprint density at radius 2 is 1.82 bits per heavy atom. The SMILES string of the molecule is COc1ccc(CNC(=O)Cn2cc(-c3ccccc3)c3ncnc(N4CCOCC4)c32)cc1. The third-order valence-corrected chi connectivity index (χ3v) is 5.99. The van der Waals surface area contributed by atoms with Crippen LogP contribution in [0, 0.1) is 0 Å². The molecule has 0 radical (unpaired) electrons. The first-order chi connectivity index (χ1) is 16.7. The van der Waals surface area contributed by atoms with Crippen molar-refractivity contribution in [2.24, 2.45) is 0 Å². The van der Waals surface area contributed by atoms with Crippen molar-refractivity contribution in [2.45, 2.75) is 13.1 Å². The molecule has 1 aliphatic rings. The predicted octanol–water partition coefficient (Wildman–Crippen LogP) is 3.26. The van der Waals surface area contributed by atoms with E-state index in [1.54, 1.807) is 13.4 Å². The van der Waals surface area contributed by atoms with Crippen molar-refractivity contribution in [1.29, 1.82) is 0 Å². The minimum absolute atomic E-state index is 0.0795. The van der Waals surface area contributed by atoms with Crippen molar-refractivity contribution in [3.8, 4) is 16.9 Å². The van der Waals surface area contributed by atoms with E-state index in [4.69, 9.17) is 9.47 Å². The van der Waals surface area contributed by atoms with Crippen LogP contribution in [0.3, 0.4) is 0 Å². The Balaban J connectivity index is 1.45. The van der Waals surface area contributed by atoms with Gasteiger partial charge in [-0.2, -0.15) is 0 Å². The molecule has 0 bridgehead atoms. The maximum Gasteiger partial charge on any atom is 0.240 e. The summed E-state index contributed by atoms with van der Waals surface area (Å²) in [7, 11) is 1.64. The van der Waals surface area contributed by atoms with Crippen molar-refractivity contribution < 1.29 is 14.3 Å². The van der Waals surface area contributed by atoms with E-state index < -0.39 is 0 Å². The van der Waals surface area contributed by atoms with E-state index in [0.29, 0.717) is 19.8 Å². The Bertz CT molecular complexity index is 1270. The smallest absolute Gasteiger partial charge is 0.240 e. The molecule has 1 fully saturated rings. The van der Waals surface area contributed by atoms with Gasteiger partial charge in [-0.25, -0.2) is 9.97 Å². The van der Waals surface area contributed by atoms with Crippen LogP contribution in [0.4, 0.5) is 5.82 Å². The lowest BCUT2D eigenvalue weighted by Crippen LogP contribution is -2.37. The highest BCUT2D eigenvalue weighted by molar-refractivity contribution is 5.99. The average molecular weight is 458 g/mol. The van der Waals surface area contributed by atoms with Gasteiger partial charge in [-0.15, -0.1) is 0 Å². The van der Waals surface area contributed by atoms with E-state index in [1.807, 2.05) is 53.2 Å². The average Bonchev–Trinajstić information content (AvgIpc) is 3.27. The van der Waals surface area contributed by atoms with Gasteiger partial charge in [0.15, 0.2) is 5.82 Å². The van der Waals surface area contributed by atoms with E-state index in [9.17, 15) is 4.79 Å². The Labute approximate surface area is 198 Å². The zero-order valence-electron chi connectivity index (χ0n) is 19.1. The van der Waals surface area contributed by atoms with E-state index in [0.717, 1.165) is 52.4 Å². The summed E-state index contributed by atoms with van der Waals surface area (Å²) >= 11 is 0. The van der Waals surface area contributed by atoms with E-state index in [2.05, 4.69) is 32.3 Å². The number of benzene rings is 2. The molecule has 0 saturated carbocycles. The van der Waals surface area contributed by atoms with Crippen LogP contribution >= 0.6 is 0 Å². The Kier molecular flexibility index (Phi) is 6.40. The zero-order chi connectivity index (χ0) is 23.3. The van der Waals surface area contributed by atoms with Gasteiger partial charge in [-0.1, -0.05) is 42.5 Å². The first-order valence-corrected chi connectivity index (χ1v) is 11.3. The number of rotatable bonds is 7. The molecule has 1 aliphatic heterocycles. The predicted molar refractivity (Wildman–Crippen MR) is 131 cm³/mol. The first kappa shape index (κ1) is 21.9. The van der Waals surface area contributed by atoms with Crippen molar-refractivity contribution in [3.05, 3.63) is 72.7 Å². The highest BCUT2D eigenvalue weighted by Gasteiger charge is 2.22. The summed E-state index contributed by atoms with van der Waals surface area (Å²) < 4.78 is 12.7. The summed E-state index contributed by atoms with van der Waals surface area (Å²) in [6, 6.07) is 17.8. The molecular weight excluding hydrogens is 430 g/mol. The van der Waals surface area contributed by atoms with Gasteiger partial charge in [0.05, 0.1) is 20.3 Å². The summed E-state index contributed by atoms with van der Waals surface area (Å²) in [4.78, 5) is 24.4. The summed E-state index contributed by atoms with van der Waals surface area (Å²) in [5, 5.41) is 3.02. The van der Waals surface area contributed by atoms with Gasteiger partial charge in [-0.05, 0) is 23.3 Å². The van der Waals surface area contributed by atoms with Crippen LogP contribution in [0.2, 0.25) is 0 Å². The fourth-order valence-corrected chi connectivity index (χ4v) is 4.23. The molecule has 1 saturated heterocycles. The van der Waals surface area contributed by atoms with Crippen molar-refractivity contribution >= 4 is 22.8 Å². The lowest BCUT2D eigenvalue weighted by atomic mass is 10.1. The number of carbonyl (C=O) groups is 1. The molecular formula is C26H27N5O3. The molecule has 5 rings (SSSR count). The third-order valence-electron chi connectivity index (χ3n) is 5.99. The maximum atomic E-state index is 13.0. The van der Waals surface area contributed by atoms with Crippen LogP contribution < -0.4 is 15.0 Å². The maximum absolute atomic E-state index is 13.0. The number of anilines is 1. The Morgan fingerprint density at radius 3 is 2.56 bits per heavy atom. The number of aromatic nitrogens is 3. The quantitative estimate of drug-likeness (QED) is 0.459. The van der Waals surface area contributed by atoms with Crippen LogP contribution in [0.25, 0.3) is 22.2 Å². The zero-order valence-corrected chi connectivity index (χ0v) is 19.1. The van der Waals surface area contributed by atoms with Crippen LogP contribution in [-0.2, 0) is 22.6 Å². The second-order valence-corrected chi connectivity index (χ2v) is 8.16. The number of morpholine rings is 1. The van der Waals surface area contributed by atoms with E-state index in [-0.39, 0.29) is 12.5 Å². The summed E-state index contributed by atoms with van der Waals surface area (Å²) in [5.74, 6) is 1.54. The number of hydrogen-bond acceptors (Lipinski definition) is 6. The largest absolute Gasteiger partial charge is 0.497 e. The molecule has 0 aliphatic carbocycles. The number of hydrogen-bond donors (Lipinski definition) is 1. The number of carbonyl (C=O) groups excluding carboxylic acids is 1. The normalized spacial score (nSPS) is 13.7. The highest BCUT2D eigenvalue weighted by atomic mass is 16.5. The molecule has 1 amide bonds. The minimum Gasteiger partial charge on any atom is -0.497 e. The van der Waals surface area contributed by atoms with Crippen LogP contribution in [0.5, 0.6) is 5.75 Å². The minimum atomic E-state index is -0.0795. The fraction of sp³-hybridized carbons (Fsp3) is 0.269. The molecule has 0 spiro atoms. The van der Waals surface area contributed by atoms with Gasteiger partial charge in [-0.3, -0.25) is 4.79 Å². The monoisotopic (exact) mass is 457 g/mol. The lowest BCUT2D eigenvalue weighted by molar-refractivity contribution is -0.121. The molecule has 2 aromatic heterocycles. The molecule has 0 unspecified atom stereocenters. The molecule has 4 aromatic rings. The topological polar surface area (TPSA) is 81.5 Å². The highest BCUT2D eigenvalue weighted by Crippen LogP contribution is 2.33. The lowest BCUT2D eigenvalue weighted by Gasteiger charge is -2.28. The summed E-state index contributed by atoms with van der Waals surface area (Å²) in [5.41, 5.74) is 4.74. The molecule has 1 N–H and O–H groups in total. The summed E-state index contributed by atoms with van der Waals surface area (Å²) in [6.07, 6.45) is 3.61. The van der Waals surface area contributed by atoms with E-state index >= 15 is 0 Å². The molecule has 3 heterocycles. The van der Waals surface area contributed by atoms with Gasteiger partial charge < -0.3 is 24.3 Å². The second kappa shape index (κ2) is 9.93. The Hall–Kier alpha value is -3.91. The van der Waals surface area contributed by atoms with Gasteiger partial charge >= 0.3 is 0 Å². The van der Waals surface area contributed by atoms with Crippen LogP contribution in [0.1, 0.15) is 5.56 Å². The van der Waals surface area contributed by atoms with Crippen molar-refractivity contribution in [1.82, 2.24) is 19.9 Å². The van der Waals surface area contributed by atoms with Gasteiger partial charge in [0, 0.05) is 31.4 Å². The standard InChI is InChI=1S/C26H27N5O3/c1-33-21-9-7-19(8-10-21)15-27-23(32)17-31-16-22(20-5-3-2-4-6-20)24-25(31)26(29-18-28-24)30-11-13-34-14-12-30/h2-10,16,18H,11-15,17H2,1H3,(H,27,32). The third kappa shape index (κ3) is 4.58. The molecule has 34 heavy (non-hydrogen) atoms. The number of methoxy groups -OCH3 is 1. The van der Waals surface area contributed by atoms with Crippen LogP contribution in [-0.4, -0.2) is 53.9 Å². The molecule has 0 atom stereocenters. The molecule has 8 nitrogen and oxygen atoms in total. The molecule has 8 heteroatoms. The number of fused-ring (bicyclic) bond motifs is 1. The van der Waals surface area contributed by atoms with Gasteiger partial charge in [0.1, 0.15) is 29.7 Å². The number of nitrogens with zero attached hydrogens (tertiary/aromatic N) is 4. The van der Waals surface area contributed by atoms with Crippen LogP contribution in [0.15, 0.2) is 67.1 Å². The first-order valence-electron chi connectivity index (χ1n) is 11.3. The number of amides is 1. The molecule has 2 aromatic carbocycles. The van der Waals surface area contributed by atoms with E-state index in [1.165, 1.54) is 0 Å². The molecule has 174 valence electrons. The summed E-state index contributed by atoms with van der Waals surface area (Å²) in [6.45, 7) is 3.42. The Morgan fingerprint density at radius 1 is 1.06 bits per heavy atom. The number of nitrogens with one attached hydrogen (secondary N) is 1. The van der Waals surface area contributed by atoms with Crippen molar-refractivity contribution in [2.75, 3.05) is 38.3 Å². The number of ether oxygens (including phenoxy) is 2. The van der Waals surface area contributed by atoms with Crippen molar-refractivity contribution in [3.63, 3.8) is 0 Å². The van der Waals surface area contributed by atoms with Gasteiger partial charge in [0.2, 0.25) is 5.91 Å². The second-order valence-electron chi connectivity index (χ2n) is 8.16.